The average Bonchev–Trinajstić information content (AvgIpc) is 3.68. The topological polar surface area (TPSA) is 125 Å². The van der Waals surface area contributed by atoms with Crippen LogP contribution in [0.3, 0.4) is 0 Å². The Morgan fingerprint density at radius 2 is 1.91 bits per heavy atom. The van der Waals surface area contributed by atoms with Crippen molar-refractivity contribution in [1.29, 1.82) is 0 Å². The van der Waals surface area contributed by atoms with E-state index in [1.165, 1.54) is 11.9 Å². The molecule has 174 valence electrons. The largest absolute Gasteiger partial charge is 0.361 e. The monoisotopic (exact) mass is 474 g/mol. The summed E-state index contributed by atoms with van der Waals surface area (Å²) in [6.07, 6.45) is 5.49. The number of aryl methyl sites for hydroxylation is 1. The molecule has 4 aromatic rings. The van der Waals surface area contributed by atoms with Crippen molar-refractivity contribution in [3.05, 3.63) is 64.1 Å². The number of aromatic nitrogens is 6. The summed E-state index contributed by atoms with van der Waals surface area (Å²) >= 11 is 1.20. The summed E-state index contributed by atoms with van der Waals surface area (Å²) < 4.78 is 1.67. The first-order valence-corrected chi connectivity index (χ1v) is 12.1. The van der Waals surface area contributed by atoms with Crippen LogP contribution < -0.4 is 16.0 Å². The standard InChI is InChI=1S/C24H26N8OS/c1-13(2)32-23-18(30-22(24(32)33)26-10-15-4-8-17(34-25)9-5-15)11-27-21(31-23)19-14(3)28-12-29-20(19)16-6-7-16/h4-5,8-9,11-13,16H,6-7,10,25H2,1-3H3,(H,26,30). The molecule has 0 bridgehead atoms. The lowest BCUT2D eigenvalue weighted by Crippen LogP contribution is -2.27. The molecule has 1 aliphatic carbocycles. The van der Waals surface area contributed by atoms with Crippen LogP contribution in [0.25, 0.3) is 22.6 Å². The van der Waals surface area contributed by atoms with Crippen LogP contribution in [0.2, 0.25) is 0 Å². The van der Waals surface area contributed by atoms with Crippen molar-refractivity contribution in [3.63, 3.8) is 0 Å². The van der Waals surface area contributed by atoms with Crippen molar-refractivity contribution in [2.45, 2.75) is 57.0 Å². The lowest BCUT2D eigenvalue weighted by atomic mass is 10.1. The zero-order chi connectivity index (χ0) is 23.8. The summed E-state index contributed by atoms with van der Waals surface area (Å²) in [4.78, 5) is 37.2. The van der Waals surface area contributed by atoms with Crippen molar-refractivity contribution in [1.82, 2.24) is 29.5 Å². The van der Waals surface area contributed by atoms with Crippen LogP contribution in [0.5, 0.6) is 0 Å². The summed E-state index contributed by atoms with van der Waals surface area (Å²) in [5.41, 5.74) is 4.53. The van der Waals surface area contributed by atoms with Gasteiger partial charge >= 0.3 is 0 Å². The van der Waals surface area contributed by atoms with E-state index < -0.39 is 0 Å². The fraction of sp³-hybridized carbons (Fsp3) is 0.333. The minimum atomic E-state index is -0.218. The Labute approximate surface area is 201 Å². The van der Waals surface area contributed by atoms with Crippen molar-refractivity contribution >= 4 is 28.9 Å². The van der Waals surface area contributed by atoms with Gasteiger partial charge in [-0.05, 0) is 63.3 Å². The van der Waals surface area contributed by atoms with Gasteiger partial charge in [-0.1, -0.05) is 12.1 Å². The van der Waals surface area contributed by atoms with E-state index in [2.05, 4.69) is 25.3 Å². The first-order chi connectivity index (χ1) is 16.5. The number of nitrogens with two attached hydrogens (primary N) is 1. The Hall–Kier alpha value is -3.37. The Morgan fingerprint density at radius 1 is 1.15 bits per heavy atom. The molecule has 34 heavy (non-hydrogen) atoms. The van der Waals surface area contributed by atoms with E-state index in [0.29, 0.717) is 29.5 Å². The molecule has 0 spiro atoms. The van der Waals surface area contributed by atoms with Crippen molar-refractivity contribution in [2.24, 2.45) is 5.14 Å². The van der Waals surface area contributed by atoms with Gasteiger partial charge in [0.15, 0.2) is 17.3 Å². The molecule has 0 saturated heterocycles. The molecule has 3 aromatic heterocycles. The van der Waals surface area contributed by atoms with E-state index in [4.69, 9.17) is 10.1 Å². The van der Waals surface area contributed by atoms with Crippen molar-refractivity contribution < 1.29 is 0 Å². The minimum Gasteiger partial charge on any atom is -0.361 e. The molecule has 0 atom stereocenters. The van der Waals surface area contributed by atoms with Gasteiger partial charge < -0.3 is 5.32 Å². The smallest absolute Gasteiger partial charge is 0.295 e. The van der Waals surface area contributed by atoms with E-state index >= 15 is 0 Å². The Bertz CT molecular complexity index is 1410. The molecule has 3 heterocycles. The summed E-state index contributed by atoms with van der Waals surface area (Å²) in [5.74, 6) is 1.22. The third-order valence-electron chi connectivity index (χ3n) is 5.92. The molecular weight excluding hydrogens is 448 g/mol. The van der Waals surface area contributed by atoms with Gasteiger partial charge in [0, 0.05) is 23.4 Å². The Morgan fingerprint density at radius 3 is 2.59 bits per heavy atom. The first kappa shape index (κ1) is 22.4. The summed E-state index contributed by atoms with van der Waals surface area (Å²) in [6, 6.07) is 7.73. The number of hydrogen-bond donors (Lipinski definition) is 2. The number of anilines is 1. The number of nitrogens with zero attached hydrogens (tertiary/aromatic N) is 6. The summed E-state index contributed by atoms with van der Waals surface area (Å²) in [5, 5.41) is 8.78. The molecule has 1 aliphatic rings. The predicted molar refractivity (Wildman–Crippen MR) is 134 cm³/mol. The van der Waals surface area contributed by atoms with Crippen LogP contribution >= 0.6 is 11.9 Å². The maximum absolute atomic E-state index is 13.4. The fourth-order valence-electron chi connectivity index (χ4n) is 4.02. The van der Waals surface area contributed by atoms with E-state index in [1.807, 2.05) is 45.0 Å². The van der Waals surface area contributed by atoms with Crippen LogP contribution in [-0.2, 0) is 6.54 Å². The molecule has 3 N–H and O–H groups in total. The second-order valence-electron chi connectivity index (χ2n) is 8.74. The number of nitrogens with one attached hydrogen (secondary N) is 1. The second-order valence-corrected chi connectivity index (χ2v) is 9.45. The van der Waals surface area contributed by atoms with E-state index in [9.17, 15) is 4.79 Å². The van der Waals surface area contributed by atoms with Crippen molar-refractivity contribution in [3.8, 4) is 11.4 Å². The molecule has 1 aromatic carbocycles. The molecule has 0 amide bonds. The lowest BCUT2D eigenvalue weighted by molar-refractivity contribution is 0.593. The highest BCUT2D eigenvalue weighted by molar-refractivity contribution is 7.97. The second kappa shape index (κ2) is 9.11. The molecule has 5 rings (SSSR count). The zero-order valence-electron chi connectivity index (χ0n) is 19.3. The molecule has 0 aliphatic heterocycles. The third kappa shape index (κ3) is 4.26. The SMILES string of the molecule is Cc1ncnc(C2CC2)c1-c1ncc2nc(NCc3ccc(SN)cc3)c(=O)n(C(C)C)c2n1. The molecule has 9 nitrogen and oxygen atoms in total. The van der Waals surface area contributed by atoms with Gasteiger partial charge in [0.25, 0.3) is 5.56 Å². The number of hydrogen-bond acceptors (Lipinski definition) is 9. The Balaban J connectivity index is 1.56. The highest BCUT2D eigenvalue weighted by atomic mass is 32.2. The lowest BCUT2D eigenvalue weighted by Gasteiger charge is -2.16. The van der Waals surface area contributed by atoms with Gasteiger partial charge in [-0.15, -0.1) is 0 Å². The molecule has 10 heteroatoms. The van der Waals surface area contributed by atoms with Crippen LogP contribution in [0, 0.1) is 6.92 Å². The fourth-order valence-corrected chi connectivity index (χ4v) is 4.32. The first-order valence-electron chi connectivity index (χ1n) is 11.3. The number of fused-ring (bicyclic) bond motifs is 1. The summed E-state index contributed by atoms with van der Waals surface area (Å²) in [7, 11) is 0. The minimum absolute atomic E-state index is 0.113. The zero-order valence-corrected chi connectivity index (χ0v) is 20.1. The maximum atomic E-state index is 13.4. The van der Waals surface area contributed by atoms with E-state index in [1.54, 1.807) is 17.1 Å². The number of rotatable bonds is 7. The van der Waals surface area contributed by atoms with Gasteiger partial charge in [-0.25, -0.2) is 24.9 Å². The highest BCUT2D eigenvalue weighted by Crippen LogP contribution is 2.43. The highest BCUT2D eigenvalue weighted by Gasteiger charge is 2.30. The normalized spacial score (nSPS) is 13.6. The number of benzene rings is 1. The van der Waals surface area contributed by atoms with Crippen LogP contribution in [-0.4, -0.2) is 29.5 Å². The van der Waals surface area contributed by atoms with Crippen LogP contribution in [0.4, 0.5) is 5.82 Å². The van der Waals surface area contributed by atoms with Crippen LogP contribution in [0.15, 0.2) is 46.5 Å². The van der Waals surface area contributed by atoms with E-state index in [-0.39, 0.29) is 17.4 Å². The van der Waals surface area contributed by atoms with E-state index in [0.717, 1.165) is 40.3 Å². The van der Waals surface area contributed by atoms with Gasteiger partial charge in [0.1, 0.15) is 11.8 Å². The van der Waals surface area contributed by atoms with Gasteiger partial charge in [-0.2, -0.15) is 0 Å². The predicted octanol–water partition coefficient (Wildman–Crippen LogP) is 3.99. The molecular formula is C24H26N8OS. The average molecular weight is 475 g/mol. The van der Waals surface area contributed by atoms with Gasteiger partial charge in [0.05, 0.1) is 23.1 Å². The van der Waals surface area contributed by atoms with Crippen LogP contribution in [0.1, 0.15) is 55.6 Å². The third-order valence-corrected chi connectivity index (χ3v) is 6.47. The van der Waals surface area contributed by atoms with Crippen molar-refractivity contribution in [2.75, 3.05) is 5.32 Å². The molecule has 0 radical (unpaired) electrons. The Kier molecular flexibility index (Phi) is 6.01. The maximum Gasteiger partial charge on any atom is 0.295 e. The molecule has 0 unspecified atom stereocenters. The summed E-state index contributed by atoms with van der Waals surface area (Å²) in [6.45, 7) is 6.33. The quantitative estimate of drug-likeness (QED) is 0.382. The molecule has 1 fully saturated rings. The molecule has 1 saturated carbocycles. The van der Waals surface area contributed by atoms with Gasteiger partial charge in [0.2, 0.25) is 0 Å². The van der Waals surface area contributed by atoms with Gasteiger partial charge in [-0.3, -0.25) is 14.5 Å².